The molecule has 0 atom stereocenters. The first-order valence-electron chi connectivity index (χ1n) is 12.4. The zero-order valence-electron chi connectivity index (χ0n) is 21.2. The van der Waals surface area contributed by atoms with Gasteiger partial charge in [-0.25, -0.2) is 4.79 Å². The summed E-state index contributed by atoms with van der Waals surface area (Å²) >= 11 is 3.60. The number of fused-ring (bicyclic) bond motifs is 1. The maximum absolute atomic E-state index is 13.1. The summed E-state index contributed by atoms with van der Waals surface area (Å²) in [6.45, 7) is 4.92. The molecule has 3 amide bonds. The number of benzene rings is 4. The van der Waals surface area contributed by atoms with Gasteiger partial charge in [0.15, 0.2) is 11.5 Å². The van der Waals surface area contributed by atoms with Crippen molar-refractivity contribution in [2.24, 2.45) is 0 Å². The summed E-state index contributed by atoms with van der Waals surface area (Å²) in [7, 11) is 0. The molecule has 38 heavy (non-hydrogen) atoms. The zero-order chi connectivity index (χ0) is 26.6. The molecule has 1 N–H and O–H groups in total. The molecule has 1 saturated heterocycles. The average molecular weight is 571 g/mol. The second kappa shape index (κ2) is 11.1. The number of ether oxygens (including phenoxy) is 2. The molecule has 7 heteroatoms. The minimum atomic E-state index is -0.446. The van der Waals surface area contributed by atoms with Gasteiger partial charge in [-0.05, 0) is 59.5 Å². The lowest BCUT2D eigenvalue weighted by atomic mass is 10.1. The fourth-order valence-electron chi connectivity index (χ4n) is 4.36. The van der Waals surface area contributed by atoms with Gasteiger partial charge in [-0.15, -0.1) is 0 Å². The van der Waals surface area contributed by atoms with E-state index in [-0.39, 0.29) is 18.1 Å². The summed E-state index contributed by atoms with van der Waals surface area (Å²) in [4.78, 5) is 26.8. The molecule has 1 aliphatic heterocycles. The summed E-state index contributed by atoms with van der Waals surface area (Å²) in [6, 6.07) is 25.3. The predicted molar refractivity (Wildman–Crippen MR) is 152 cm³/mol. The molecule has 1 aliphatic rings. The van der Waals surface area contributed by atoms with Gasteiger partial charge in [0, 0.05) is 4.47 Å². The average Bonchev–Trinajstić information content (AvgIpc) is 3.18. The van der Waals surface area contributed by atoms with E-state index in [4.69, 9.17) is 9.47 Å². The Hall–Kier alpha value is -4.10. The zero-order valence-corrected chi connectivity index (χ0v) is 22.7. The van der Waals surface area contributed by atoms with Crippen LogP contribution in [0.4, 0.5) is 4.79 Å². The molecule has 5 rings (SSSR count). The van der Waals surface area contributed by atoms with Gasteiger partial charge in [-0.1, -0.05) is 88.2 Å². The number of rotatable bonds is 8. The van der Waals surface area contributed by atoms with Gasteiger partial charge in [-0.2, -0.15) is 0 Å². The Morgan fingerprint density at radius 3 is 2.45 bits per heavy atom. The summed E-state index contributed by atoms with van der Waals surface area (Å²) in [6.07, 6.45) is 1.65. The van der Waals surface area contributed by atoms with E-state index in [2.05, 4.69) is 39.4 Å². The minimum absolute atomic E-state index is 0.203. The molecule has 6 nitrogen and oxygen atoms in total. The van der Waals surface area contributed by atoms with Crippen molar-refractivity contribution in [1.82, 2.24) is 10.2 Å². The molecule has 1 fully saturated rings. The Morgan fingerprint density at radius 2 is 1.66 bits per heavy atom. The molecule has 1 heterocycles. The van der Waals surface area contributed by atoms with Crippen LogP contribution in [0, 0.1) is 6.92 Å². The van der Waals surface area contributed by atoms with Gasteiger partial charge >= 0.3 is 6.03 Å². The van der Waals surface area contributed by atoms with Crippen LogP contribution in [0.15, 0.2) is 89.0 Å². The van der Waals surface area contributed by atoms with Crippen LogP contribution in [0.2, 0.25) is 0 Å². The van der Waals surface area contributed by atoms with Gasteiger partial charge in [0.25, 0.3) is 5.91 Å². The Bertz CT molecular complexity index is 1540. The topological polar surface area (TPSA) is 67.9 Å². The second-order valence-electron chi connectivity index (χ2n) is 9.05. The molecular formula is C31H27BrN2O4. The Kier molecular flexibility index (Phi) is 7.47. The van der Waals surface area contributed by atoms with Crippen molar-refractivity contribution in [2.45, 2.75) is 27.0 Å². The van der Waals surface area contributed by atoms with Gasteiger partial charge < -0.3 is 14.8 Å². The highest BCUT2D eigenvalue weighted by Crippen LogP contribution is 2.36. The number of carbonyl (C=O) groups is 2. The number of hydrogen-bond acceptors (Lipinski definition) is 4. The number of carbonyl (C=O) groups excluding carboxylic acids is 2. The normalized spacial score (nSPS) is 14.3. The van der Waals surface area contributed by atoms with Crippen molar-refractivity contribution >= 4 is 44.7 Å². The molecule has 4 aromatic rings. The van der Waals surface area contributed by atoms with Crippen molar-refractivity contribution < 1.29 is 19.1 Å². The third kappa shape index (κ3) is 5.43. The van der Waals surface area contributed by atoms with E-state index in [0.717, 1.165) is 27.5 Å². The highest BCUT2D eigenvalue weighted by atomic mass is 79.9. The molecule has 4 aromatic carbocycles. The molecule has 0 saturated carbocycles. The molecule has 0 radical (unpaired) electrons. The summed E-state index contributed by atoms with van der Waals surface area (Å²) in [5, 5.41) is 4.99. The quantitative estimate of drug-likeness (QED) is 0.183. The SMILES string of the molecule is CCOc1cc(/C=C2/NC(=O)N(Cc3ccc(C)cc3)C2=O)c(Br)cc1OCc1cccc2ccccc12. The third-order valence-corrected chi connectivity index (χ3v) is 7.04. The fraction of sp³-hybridized carbons (Fsp3) is 0.161. The second-order valence-corrected chi connectivity index (χ2v) is 9.90. The summed E-state index contributed by atoms with van der Waals surface area (Å²) in [5.74, 6) is 0.754. The lowest BCUT2D eigenvalue weighted by Gasteiger charge is -2.15. The maximum Gasteiger partial charge on any atom is 0.329 e. The van der Waals surface area contributed by atoms with Crippen molar-refractivity contribution in [3.05, 3.63) is 111 Å². The predicted octanol–water partition coefficient (Wildman–Crippen LogP) is 6.98. The largest absolute Gasteiger partial charge is 0.490 e. The number of amides is 3. The molecule has 0 aromatic heterocycles. The minimum Gasteiger partial charge on any atom is -0.490 e. The van der Waals surface area contributed by atoms with E-state index >= 15 is 0 Å². The van der Waals surface area contributed by atoms with E-state index in [0.29, 0.717) is 34.7 Å². The lowest BCUT2D eigenvalue weighted by molar-refractivity contribution is -0.123. The number of hydrogen-bond donors (Lipinski definition) is 1. The first kappa shape index (κ1) is 25.5. The molecule has 192 valence electrons. The van der Waals surface area contributed by atoms with Crippen LogP contribution in [0.5, 0.6) is 11.5 Å². The highest BCUT2D eigenvalue weighted by molar-refractivity contribution is 9.10. The van der Waals surface area contributed by atoms with Crippen LogP contribution >= 0.6 is 15.9 Å². The fourth-order valence-corrected chi connectivity index (χ4v) is 4.80. The van der Waals surface area contributed by atoms with Gasteiger partial charge in [0.2, 0.25) is 0 Å². The number of halogens is 1. The van der Waals surface area contributed by atoms with E-state index in [1.54, 1.807) is 12.1 Å². The van der Waals surface area contributed by atoms with Crippen molar-refractivity contribution in [1.29, 1.82) is 0 Å². The van der Waals surface area contributed by atoms with Crippen LogP contribution in [-0.2, 0) is 17.9 Å². The molecule has 0 spiro atoms. The standard InChI is InChI=1S/C31H27BrN2O4/c1-3-37-28-16-24(15-27-30(35)34(31(36)33-27)18-21-13-11-20(2)12-14-21)26(32)17-29(28)38-19-23-9-6-8-22-7-4-5-10-25(22)23/h4-17H,3,18-19H2,1-2H3,(H,33,36)/b27-15+. The maximum atomic E-state index is 13.1. The number of urea groups is 1. The van der Waals surface area contributed by atoms with Crippen molar-refractivity contribution in [3.8, 4) is 11.5 Å². The van der Waals surface area contributed by atoms with E-state index in [1.165, 1.54) is 4.90 Å². The van der Waals surface area contributed by atoms with Crippen molar-refractivity contribution in [2.75, 3.05) is 6.61 Å². The summed E-state index contributed by atoms with van der Waals surface area (Å²) in [5.41, 5.74) is 3.96. The summed E-state index contributed by atoms with van der Waals surface area (Å²) < 4.78 is 12.8. The molecule has 0 unspecified atom stereocenters. The monoisotopic (exact) mass is 570 g/mol. The third-order valence-electron chi connectivity index (χ3n) is 6.35. The Labute approximate surface area is 230 Å². The molecule has 0 aliphatic carbocycles. The van der Waals surface area contributed by atoms with E-state index < -0.39 is 6.03 Å². The Morgan fingerprint density at radius 1 is 0.921 bits per heavy atom. The molecular weight excluding hydrogens is 544 g/mol. The highest BCUT2D eigenvalue weighted by Gasteiger charge is 2.33. The van der Waals surface area contributed by atoms with Crippen LogP contribution in [0.25, 0.3) is 16.8 Å². The van der Waals surface area contributed by atoms with E-state index in [1.807, 2.05) is 68.4 Å². The van der Waals surface area contributed by atoms with Crippen LogP contribution in [-0.4, -0.2) is 23.4 Å². The number of nitrogens with zero attached hydrogens (tertiary/aromatic N) is 1. The van der Waals surface area contributed by atoms with Crippen LogP contribution in [0.3, 0.4) is 0 Å². The van der Waals surface area contributed by atoms with Gasteiger partial charge in [0.05, 0.1) is 13.2 Å². The number of nitrogens with one attached hydrogen (secondary N) is 1. The van der Waals surface area contributed by atoms with Crippen LogP contribution in [0.1, 0.15) is 29.2 Å². The molecule has 0 bridgehead atoms. The van der Waals surface area contributed by atoms with Crippen LogP contribution < -0.4 is 14.8 Å². The van der Waals surface area contributed by atoms with Gasteiger partial charge in [0.1, 0.15) is 12.3 Å². The smallest absolute Gasteiger partial charge is 0.329 e. The first-order valence-corrected chi connectivity index (χ1v) is 13.2. The van der Waals surface area contributed by atoms with Crippen molar-refractivity contribution in [3.63, 3.8) is 0 Å². The number of imide groups is 1. The lowest BCUT2D eigenvalue weighted by Crippen LogP contribution is -2.30. The van der Waals surface area contributed by atoms with Gasteiger partial charge in [-0.3, -0.25) is 9.69 Å². The number of aryl methyl sites for hydroxylation is 1. The van der Waals surface area contributed by atoms with E-state index in [9.17, 15) is 9.59 Å². The Balaban J connectivity index is 1.38. The first-order chi connectivity index (χ1) is 18.4.